The summed E-state index contributed by atoms with van der Waals surface area (Å²) in [6, 6.07) is 11.8. The van der Waals surface area contributed by atoms with Crippen LogP contribution in [0.15, 0.2) is 47.1 Å². The molecule has 1 saturated heterocycles. The minimum Gasteiger partial charge on any atom is -0.467 e. The second kappa shape index (κ2) is 6.46. The van der Waals surface area contributed by atoms with Gasteiger partial charge in [0, 0.05) is 24.1 Å². The number of aromatic nitrogens is 1. The van der Waals surface area contributed by atoms with Crippen molar-refractivity contribution in [3.63, 3.8) is 0 Å². The Balaban J connectivity index is 1.71. The number of nitriles is 1. The zero-order valence-corrected chi connectivity index (χ0v) is 13.7. The predicted molar refractivity (Wildman–Crippen MR) is 92.7 cm³/mol. The fraction of sp³-hybridized carbons (Fsp3) is 0.222. The first-order valence-corrected chi connectivity index (χ1v) is 8.05. The number of hydrogen-bond acceptors (Lipinski definition) is 7. The van der Waals surface area contributed by atoms with Crippen molar-refractivity contribution in [2.24, 2.45) is 0 Å². The molecule has 3 aromatic rings. The van der Waals surface area contributed by atoms with Crippen molar-refractivity contribution in [3.8, 4) is 6.07 Å². The van der Waals surface area contributed by atoms with E-state index in [9.17, 15) is 15.4 Å². The lowest BCUT2D eigenvalue weighted by Crippen LogP contribution is -2.38. The molecule has 1 aliphatic heterocycles. The molecule has 1 aliphatic rings. The molecule has 1 fully saturated rings. The molecule has 1 atom stereocenters. The van der Waals surface area contributed by atoms with Crippen LogP contribution in [-0.2, 0) is 4.74 Å². The number of benzene rings is 1. The monoisotopic (exact) mass is 350 g/mol. The number of morpholine rings is 1. The highest BCUT2D eigenvalue weighted by Crippen LogP contribution is 2.29. The standard InChI is InChI=1S/C18H14N4O4/c19-10-12-8-18(20-15-4-3-13(22(23)24)9-14(12)15)21-5-7-26-17(11-21)16-2-1-6-25-16/h1-4,6,8-9,17H,5,7,11H2. The number of furan rings is 1. The third-order valence-corrected chi connectivity index (χ3v) is 4.36. The number of ether oxygens (including phenoxy) is 1. The van der Waals surface area contributed by atoms with Crippen LogP contribution in [0.3, 0.4) is 0 Å². The van der Waals surface area contributed by atoms with Crippen LogP contribution in [0, 0.1) is 21.4 Å². The summed E-state index contributed by atoms with van der Waals surface area (Å²) in [5.74, 6) is 1.38. The van der Waals surface area contributed by atoms with E-state index in [2.05, 4.69) is 11.1 Å². The average Bonchev–Trinajstić information content (AvgIpc) is 3.21. The van der Waals surface area contributed by atoms with Gasteiger partial charge in [0.25, 0.3) is 5.69 Å². The lowest BCUT2D eigenvalue weighted by Gasteiger charge is -2.33. The molecule has 2 aromatic heterocycles. The maximum Gasteiger partial charge on any atom is 0.270 e. The van der Waals surface area contributed by atoms with Crippen molar-refractivity contribution in [1.82, 2.24) is 4.98 Å². The molecule has 1 unspecified atom stereocenters. The number of hydrogen-bond donors (Lipinski definition) is 0. The van der Waals surface area contributed by atoms with Gasteiger partial charge in [0.15, 0.2) is 0 Å². The molecule has 8 nitrogen and oxygen atoms in total. The molecule has 1 aromatic carbocycles. The molecule has 0 spiro atoms. The highest BCUT2D eigenvalue weighted by molar-refractivity contribution is 5.88. The van der Waals surface area contributed by atoms with Gasteiger partial charge in [0.2, 0.25) is 0 Å². The van der Waals surface area contributed by atoms with Gasteiger partial charge < -0.3 is 14.1 Å². The molecule has 26 heavy (non-hydrogen) atoms. The van der Waals surface area contributed by atoms with Crippen LogP contribution in [0.4, 0.5) is 11.5 Å². The molecule has 0 radical (unpaired) electrons. The summed E-state index contributed by atoms with van der Waals surface area (Å²) in [7, 11) is 0. The zero-order valence-electron chi connectivity index (χ0n) is 13.7. The number of nitrogens with zero attached hydrogens (tertiary/aromatic N) is 4. The van der Waals surface area contributed by atoms with Gasteiger partial charge in [-0.3, -0.25) is 10.1 Å². The molecule has 0 bridgehead atoms. The lowest BCUT2D eigenvalue weighted by molar-refractivity contribution is -0.384. The van der Waals surface area contributed by atoms with E-state index >= 15 is 0 Å². The molecule has 0 aliphatic carbocycles. The van der Waals surface area contributed by atoms with E-state index in [4.69, 9.17) is 9.15 Å². The van der Waals surface area contributed by atoms with Crippen molar-refractivity contribution in [2.45, 2.75) is 6.10 Å². The topological polar surface area (TPSA) is 105 Å². The lowest BCUT2D eigenvalue weighted by atomic mass is 10.1. The van der Waals surface area contributed by atoms with E-state index in [-0.39, 0.29) is 11.8 Å². The van der Waals surface area contributed by atoms with Gasteiger partial charge in [-0.25, -0.2) is 4.98 Å². The highest BCUT2D eigenvalue weighted by atomic mass is 16.6. The molecular formula is C18H14N4O4. The number of fused-ring (bicyclic) bond motifs is 1. The van der Waals surface area contributed by atoms with Gasteiger partial charge in [-0.1, -0.05) is 0 Å². The van der Waals surface area contributed by atoms with Gasteiger partial charge in [-0.2, -0.15) is 5.26 Å². The van der Waals surface area contributed by atoms with Gasteiger partial charge in [0.1, 0.15) is 17.7 Å². The second-order valence-corrected chi connectivity index (χ2v) is 5.92. The van der Waals surface area contributed by atoms with E-state index in [1.54, 1.807) is 18.4 Å². The van der Waals surface area contributed by atoms with Gasteiger partial charge in [-0.05, 0) is 24.3 Å². The smallest absolute Gasteiger partial charge is 0.270 e. The minimum atomic E-state index is -0.482. The summed E-state index contributed by atoms with van der Waals surface area (Å²) in [5.41, 5.74) is 0.841. The molecule has 0 N–H and O–H groups in total. The first-order valence-electron chi connectivity index (χ1n) is 8.05. The number of nitro groups is 1. The molecule has 0 saturated carbocycles. The molecule has 130 valence electrons. The Morgan fingerprint density at radius 3 is 2.96 bits per heavy atom. The third-order valence-electron chi connectivity index (χ3n) is 4.36. The molecule has 0 amide bonds. The van der Waals surface area contributed by atoms with Crippen molar-refractivity contribution in [1.29, 1.82) is 5.26 Å². The summed E-state index contributed by atoms with van der Waals surface area (Å²) >= 11 is 0. The van der Waals surface area contributed by atoms with E-state index in [0.29, 0.717) is 42.0 Å². The van der Waals surface area contributed by atoms with Crippen LogP contribution >= 0.6 is 0 Å². The van der Waals surface area contributed by atoms with E-state index < -0.39 is 4.92 Å². The van der Waals surface area contributed by atoms with Crippen molar-refractivity contribution in [3.05, 3.63) is 64.1 Å². The Hall–Kier alpha value is -3.44. The number of pyridine rings is 1. The number of non-ortho nitro benzene ring substituents is 1. The molecule has 3 heterocycles. The van der Waals surface area contributed by atoms with E-state index in [1.807, 2.05) is 17.0 Å². The maximum atomic E-state index is 11.0. The van der Waals surface area contributed by atoms with Crippen LogP contribution in [0.2, 0.25) is 0 Å². The number of nitro benzene ring substituents is 1. The quantitative estimate of drug-likeness (QED) is 0.527. The first kappa shape index (κ1) is 16.1. The summed E-state index contributed by atoms with van der Waals surface area (Å²) in [5, 5.41) is 20.9. The van der Waals surface area contributed by atoms with Crippen LogP contribution < -0.4 is 4.90 Å². The van der Waals surface area contributed by atoms with E-state index in [0.717, 1.165) is 5.76 Å². The van der Waals surface area contributed by atoms with Crippen LogP contribution in [0.5, 0.6) is 0 Å². The Labute approximate surface area is 148 Å². The molecule has 4 rings (SSSR count). The van der Waals surface area contributed by atoms with Crippen molar-refractivity contribution >= 4 is 22.4 Å². The van der Waals surface area contributed by atoms with Crippen molar-refractivity contribution < 1.29 is 14.1 Å². The summed E-state index contributed by atoms with van der Waals surface area (Å²) in [6.07, 6.45) is 1.39. The minimum absolute atomic E-state index is 0.0622. The van der Waals surface area contributed by atoms with Gasteiger partial charge in [0.05, 0.1) is 41.5 Å². The Morgan fingerprint density at radius 2 is 2.23 bits per heavy atom. The van der Waals surface area contributed by atoms with Gasteiger partial charge >= 0.3 is 0 Å². The third kappa shape index (κ3) is 2.85. The van der Waals surface area contributed by atoms with Crippen LogP contribution in [-0.4, -0.2) is 29.6 Å². The predicted octanol–water partition coefficient (Wildman–Crippen LogP) is 3.19. The largest absolute Gasteiger partial charge is 0.467 e. The summed E-state index contributed by atoms with van der Waals surface area (Å²) < 4.78 is 11.2. The normalized spacial score (nSPS) is 17.2. The Bertz CT molecular complexity index is 1010. The number of anilines is 1. The number of rotatable bonds is 3. The van der Waals surface area contributed by atoms with Crippen LogP contribution in [0.1, 0.15) is 17.4 Å². The van der Waals surface area contributed by atoms with Crippen LogP contribution in [0.25, 0.3) is 10.9 Å². The Morgan fingerprint density at radius 1 is 1.35 bits per heavy atom. The average molecular weight is 350 g/mol. The fourth-order valence-electron chi connectivity index (χ4n) is 3.07. The summed E-state index contributed by atoms with van der Waals surface area (Å²) in [6.45, 7) is 1.69. The maximum absolute atomic E-state index is 11.0. The summed E-state index contributed by atoms with van der Waals surface area (Å²) in [4.78, 5) is 17.1. The Kier molecular flexibility index (Phi) is 3.99. The van der Waals surface area contributed by atoms with E-state index in [1.165, 1.54) is 12.1 Å². The van der Waals surface area contributed by atoms with Crippen molar-refractivity contribution in [2.75, 3.05) is 24.6 Å². The molecule has 8 heteroatoms. The molecular weight excluding hydrogens is 336 g/mol. The first-order chi connectivity index (χ1) is 12.7. The zero-order chi connectivity index (χ0) is 18.1. The SMILES string of the molecule is N#Cc1cc(N2CCOC(c3ccco3)C2)nc2ccc([N+](=O)[O-])cc12. The fourth-order valence-corrected chi connectivity index (χ4v) is 3.07. The van der Waals surface area contributed by atoms with Gasteiger partial charge in [-0.15, -0.1) is 0 Å². The highest BCUT2D eigenvalue weighted by Gasteiger charge is 2.25. The second-order valence-electron chi connectivity index (χ2n) is 5.92.